The molecule has 0 saturated heterocycles. The van der Waals surface area contributed by atoms with Crippen molar-refractivity contribution < 1.29 is 24.5 Å². The highest BCUT2D eigenvalue weighted by atomic mass is 16.5. The summed E-state index contributed by atoms with van der Waals surface area (Å²) in [5.41, 5.74) is 1.36. The van der Waals surface area contributed by atoms with Crippen LogP contribution in [-0.4, -0.2) is 55.5 Å². The van der Waals surface area contributed by atoms with E-state index < -0.39 is 12.0 Å². The summed E-state index contributed by atoms with van der Waals surface area (Å²) in [6, 6.07) is 2.58. The minimum Gasteiger partial charge on any atom is -0.496 e. The van der Waals surface area contributed by atoms with Crippen LogP contribution in [0, 0.1) is 6.92 Å². The van der Waals surface area contributed by atoms with Gasteiger partial charge in [-0.1, -0.05) is 0 Å². The Morgan fingerprint density at radius 1 is 1.30 bits per heavy atom. The van der Waals surface area contributed by atoms with Gasteiger partial charge in [0.25, 0.3) is 0 Å². The fourth-order valence-electron chi connectivity index (χ4n) is 2.16. The smallest absolute Gasteiger partial charge is 0.325 e. The Morgan fingerprint density at radius 3 is 2.15 bits per heavy atom. The summed E-state index contributed by atoms with van der Waals surface area (Å²) < 4.78 is 10.6. The number of carboxylic acids is 1. The lowest BCUT2D eigenvalue weighted by Gasteiger charge is -2.27. The summed E-state index contributed by atoms with van der Waals surface area (Å²) in [6.45, 7) is 1.98. The van der Waals surface area contributed by atoms with Gasteiger partial charge < -0.3 is 19.7 Å². The van der Waals surface area contributed by atoms with Crippen LogP contribution >= 0.6 is 0 Å². The number of hydrogen-bond donors (Lipinski definition) is 2. The van der Waals surface area contributed by atoms with E-state index in [4.69, 9.17) is 14.6 Å². The first-order chi connectivity index (χ1) is 9.46. The molecule has 112 valence electrons. The topological polar surface area (TPSA) is 79.2 Å². The molecule has 20 heavy (non-hydrogen) atoms. The molecule has 1 rings (SSSR count). The Hall–Kier alpha value is -1.79. The van der Waals surface area contributed by atoms with Gasteiger partial charge in [-0.3, -0.25) is 9.69 Å². The number of benzene rings is 1. The van der Waals surface area contributed by atoms with Crippen molar-refractivity contribution in [2.24, 2.45) is 0 Å². The van der Waals surface area contributed by atoms with Crippen LogP contribution in [0.1, 0.15) is 17.2 Å². The number of aliphatic hydroxyl groups excluding tert-OH is 1. The SMILES string of the molecule is COc1cc(C)cc(OC)c1C(C(=O)O)N(C)CCO. The summed E-state index contributed by atoms with van der Waals surface area (Å²) in [6.07, 6.45) is 0. The van der Waals surface area contributed by atoms with E-state index in [1.807, 2.05) is 6.92 Å². The van der Waals surface area contributed by atoms with Crippen LogP contribution in [0.3, 0.4) is 0 Å². The highest BCUT2D eigenvalue weighted by Crippen LogP contribution is 2.38. The van der Waals surface area contributed by atoms with Crippen molar-refractivity contribution in [1.82, 2.24) is 4.90 Å². The van der Waals surface area contributed by atoms with Crippen molar-refractivity contribution in [3.8, 4) is 11.5 Å². The van der Waals surface area contributed by atoms with Crippen molar-refractivity contribution in [3.05, 3.63) is 23.3 Å². The van der Waals surface area contributed by atoms with Gasteiger partial charge in [-0.25, -0.2) is 0 Å². The molecule has 0 aliphatic carbocycles. The predicted octanol–water partition coefficient (Wildman–Crippen LogP) is 1.06. The molecule has 1 aromatic carbocycles. The molecule has 0 saturated carbocycles. The molecule has 0 aromatic heterocycles. The van der Waals surface area contributed by atoms with Crippen LogP contribution < -0.4 is 9.47 Å². The number of likely N-dealkylation sites (N-methyl/N-ethyl adjacent to an activating group) is 1. The molecule has 1 unspecified atom stereocenters. The largest absolute Gasteiger partial charge is 0.496 e. The van der Waals surface area contributed by atoms with Gasteiger partial charge in [0.15, 0.2) is 0 Å². The summed E-state index contributed by atoms with van der Waals surface area (Å²) in [7, 11) is 4.61. The normalized spacial score (nSPS) is 12.3. The first-order valence-electron chi connectivity index (χ1n) is 6.22. The average Bonchev–Trinajstić information content (AvgIpc) is 2.39. The van der Waals surface area contributed by atoms with Gasteiger partial charge in [-0.2, -0.15) is 0 Å². The van der Waals surface area contributed by atoms with E-state index in [1.165, 1.54) is 19.1 Å². The number of carboxylic acid groups (broad SMARTS) is 1. The molecule has 0 bridgehead atoms. The Labute approximate surface area is 118 Å². The highest BCUT2D eigenvalue weighted by Gasteiger charge is 2.31. The predicted molar refractivity (Wildman–Crippen MR) is 74.4 cm³/mol. The minimum absolute atomic E-state index is 0.128. The number of ether oxygens (including phenoxy) is 2. The number of hydrogen-bond acceptors (Lipinski definition) is 5. The van der Waals surface area contributed by atoms with Gasteiger partial charge in [-0.15, -0.1) is 0 Å². The molecular weight excluding hydrogens is 262 g/mol. The number of rotatable bonds is 7. The van der Waals surface area contributed by atoms with Gasteiger partial charge in [0, 0.05) is 6.54 Å². The molecule has 1 atom stereocenters. The van der Waals surface area contributed by atoms with Crippen molar-refractivity contribution in [3.63, 3.8) is 0 Å². The zero-order chi connectivity index (χ0) is 15.3. The maximum Gasteiger partial charge on any atom is 0.325 e. The van der Waals surface area contributed by atoms with Gasteiger partial charge in [0.1, 0.15) is 17.5 Å². The number of nitrogens with zero attached hydrogens (tertiary/aromatic N) is 1. The first kappa shape index (κ1) is 16.3. The number of methoxy groups -OCH3 is 2. The lowest BCUT2D eigenvalue weighted by atomic mass is 10.0. The van der Waals surface area contributed by atoms with Crippen molar-refractivity contribution in [2.75, 3.05) is 34.4 Å². The third kappa shape index (κ3) is 3.40. The monoisotopic (exact) mass is 283 g/mol. The lowest BCUT2D eigenvalue weighted by molar-refractivity contribution is -0.143. The minimum atomic E-state index is -1.03. The maximum absolute atomic E-state index is 11.6. The molecule has 0 aliphatic heterocycles. The van der Waals surface area contributed by atoms with Crippen LogP contribution in [0.4, 0.5) is 0 Å². The van der Waals surface area contributed by atoms with Crippen LogP contribution in [0.15, 0.2) is 12.1 Å². The lowest BCUT2D eigenvalue weighted by Crippen LogP contribution is -2.33. The van der Waals surface area contributed by atoms with Crippen molar-refractivity contribution in [1.29, 1.82) is 0 Å². The van der Waals surface area contributed by atoms with E-state index in [1.54, 1.807) is 19.2 Å². The number of aryl methyl sites for hydroxylation is 1. The Balaban J connectivity index is 3.41. The van der Waals surface area contributed by atoms with Crippen molar-refractivity contribution in [2.45, 2.75) is 13.0 Å². The Bertz CT molecular complexity index is 450. The van der Waals surface area contributed by atoms with Crippen molar-refractivity contribution >= 4 is 5.97 Å². The second kappa shape index (κ2) is 7.12. The van der Waals surface area contributed by atoms with Gasteiger partial charge in [0.05, 0.1) is 26.4 Å². The number of aliphatic hydroxyl groups is 1. The average molecular weight is 283 g/mol. The quantitative estimate of drug-likeness (QED) is 0.779. The van der Waals surface area contributed by atoms with E-state index in [0.717, 1.165) is 5.56 Å². The van der Waals surface area contributed by atoms with Crippen LogP contribution in [0.25, 0.3) is 0 Å². The summed E-state index contributed by atoms with van der Waals surface area (Å²) in [4.78, 5) is 13.1. The molecule has 0 heterocycles. The molecule has 6 nitrogen and oxygen atoms in total. The molecule has 6 heteroatoms. The number of aliphatic carboxylic acids is 1. The van der Waals surface area contributed by atoms with E-state index in [0.29, 0.717) is 17.1 Å². The molecule has 0 fully saturated rings. The van der Waals surface area contributed by atoms with Crippen LogP contribution in [0.2, 0.25) is 0 Å². The van der Waals surface area contributed by atoms with E-state index in [2.05, 4.69) is 0 Å². The summed E-state index contributed by atoms with van der Waals surface area (Å²) >= 11 is 0. The number of carbonyl (C=O) groups is 1. The molecule has 0 spiro atoms. The third-order valence-corrected chi connectivity index (χ3v) is 3.09. The first-order valence-corrected chi connectivity index (χ1v) is 6.22. The zero-order valence-corrected chi connectivity index (χ0v) is 12.2. The fraction of sp³-hybridized carbons (Fsp3) is 0.500. The molecule has 0 radical (unpaired) electrons. The molecule has 1 aromatic rings. The zero-order valence-electron chi connectivity index (χ0n) is 12.2. The fourth-order valence-corrected chi connectivity index (χ4v) is 2.16. The maximum atomic E-state index is 11.6. The summed E-state index contributed by atoms with van der Waals surface area (Å²) in [5, 5.41) is 18.5. The Morgan fingerprint density at radius 2 is 1.80 bits per heavy atom. The van der Waals surface area contributed by atoms with Gasteiger partial charge >= 0.3 is 5.97 Å². The molecule has 0 aliphatic rings. The summed E-state index contributed by atoms with van der Waals surface area (Å²) in [5.74, 6) is -0.112. The van der Waals surface area contributed by atoms with Gasteiger partial charge in [0.2, 0.25) is 0 Å². The van der Waals surface area contributed by atoms with E-state index >= 15 is 0 Å². The van der Waals surface area contributed by atoms with E-state index in [-0.39, 0.29) is 13.2 Å². The second-order valence-corrected chi connectivity index (χ2v) is 4.53. The standard InChI is InChI=1S/C14H21NO5/c1-9-7-10(19-3)12(11(8-9)20-4)13(14(17)18)15(2)5-6-16/h7-8,13,16H,5-6H2,1-4H3,(H,17,18). The van der Waals surface area contributed by atoms with Crippen LogP contribution in [0.5, 0.6) is 11.5 Å². The highest BCUT2D eigenvalue weighted by molar-refractivity contribution is 5.78. The third-order valence-electron chi connectivity index (χ3n) is 3.09. The van der Waals surface area contributed by atoms with Gasteiger partial charge in [-0.05, 0) is 31.7 Å². The molecule has 0 amide bonds. The van der Waals surface area contributed by atoms with E-state index in [9.17, 15) is 9.90 Å². The Kier molecular flexibility index (Phi) is 5.79. The molecule has 2 N–H and O–H groups in total. The van der Waals surface area contributed by atoms with Crippen LogP contribution in [-0.2, 0) is 4.79 Å². The molecular formula is C14H21NO5. The second-order valence-electron chi connectivity index (χ2n) is 4.53.